The summed E-state index contributed by atoms with van der Waals surface area (Å²) >= 11 is 0. The van der Waals surface area contributed by atoms with Gasteiger partial charge in [0, 0.05) is 21.5 Å². The molecule has 10 heteroatoms. The van der Waals surface area contributed by atoms with E-state index in [-0.39, 0.29) is 66.1 Å². The number of cyclic esters (lactones) is 4. The lowest BCUT2D eigenvalue weighted by Gasteiger charge is -2.22. The molecule has 10 nitrogen and oxygen atoms in total. The van der Waals surface area contributed by atoms with Gasteiger partial charge in [-0.15, -0.1) is 0 Å². The number of rotatable bonds is 3. The van der Waals surface area contributed by atoms with Gasteiger partial charge in [0.25, 0.3) is 0 Å². The van der Waals surface area contributed by atoms with Crippen LogP contribution in [0, 0.1) is 0 Å². The molecule has 6 rings (SSSR count). The van der Waals surface area contributed by atoms with Crippen molar-refractivity contribution in [1.29, 1.82) is 0 Å². The molecule has 4 aromatic rings. The third-order valence-corrected chi connectivity index (χ3v) is 6.32. The van der Waals surface area contributed by atoms with E-state index >= 15 is 0 Å². The van der Waals surface area contributed by atoms with E-state index in [2.05, 4.69) is 0 Å². The van der Waals surface area contributed by atoms with Gasteiger partial charge in [-0.05, 0) is 47.5 Å². The zero-order valence-electron chi connectivity index (χ0n) is 17.8. The highest BCUT2D eigenvalue weighted by molar-refractivity contribution is 6.29. The van der Waals surface area contributed by atoms with Crippen LogP contribution in [0.25, 0.3) is 32.7 Å². The minimum Gasteiger partial charge on any atom is -0.478 e. The van der Waals surface area contributed by atoms with Gasteiger partial charge in [-0.25, -0.2) is 28.8 Å². The predicted molar refractivity (Wildman–Crippen MR) is 120 cm³/mol. The van der Waals surface area contributed by atoms with E-state index in [4.69, 9.17) is 9.47 Å². The molecule has 0 atom stereocenters. The lowest BCUT2D eigenvalue weighted by atomic mass is 9.83. The van der Waals surface area contributed by atoms with Crippen molar-refractivity contribution in [2.75, 3.05) is 0 Å². The Morgan fingerprint density at radius 2 is 0.722 bits per heavy atom. The van der Waals surface area contributed by atoms with Crippen LogP contribution in [-0.4, -0.2) is 46.0 Å². The molecular formula is C26H10O10. The van der Waals surface area contributed by atoms with Crippen molar-refractivity contribution in [3.63, 3.8) is 0 Å². The van der Waals surface area contributed by atoms with Gasteiger partial charge in [-0.3, -0.25) is 0 Å². The molecular weight excluding hydrogens is 472 g/mol. The molecule has 0 spiro atoms. The molecule has 2 aliphatic heterocycles. The molecule has 0 aliphatic carbocycles. The second-order valence-corrected chi connectivity index (χ2v) is 8.11. The maximum absolute atomic E-state index is 12.4. The van der Waals surface area contributed by atoms with E-state index in [0.29, 0.717) is 0 Å². The molecule has 0 bridgehead atoms. The Morgan fingerprint density at radius 3 is 1.03 bits per heavy atom. The Labute approximate surface area is 199 Å². The fourth-order valence-corrected chi connectivity index (χ4v) is 4.87. The fourth-order valence-electron chi connectivity index (χ4n) is 4.87. The highest BCUT2D eigenvalue weighted by Crippen LogP contribution is 2.43. The summed E-state index contributed by atoms with van der Waals surface area (Å²) in [5.41, 5.74) is -0.293. The van der Waals surface area contributed by atoms with Crippen molar-refractivity contribution >= 4 is 57.4 Å². The van der Waals surface area contributed by atoms with E-state index in [0.717, 1.165) is 0 Å². The van der Waals surface area contributed by atoms with E-state index in [1.165, 1.54) is 48.5 Å². The van der Waals surface area contributed by atoms with Crippen LogP contribution < -0.4 is 0 Å². The molecule has 2 aliphatic rings. The van der Waals surface area contributed by atoms with Gasteiger partial charge in [-0.2, -0.15) is 0 Å². The van der Waals surface area contributed by atoms with E-state index in [1.807, 2.05) is 0 Å². The van der Waals surface area contributed by atoms with Crippen molar-refractivity contribution in [2.24, 2.45) is 0 Å². The molecule has 0 amide bonds. The first-order valence-corrected chi connectivity index (χ1v) is 10.4. The SMILES string of the molecule is O=C1OC(=O)c2ccc(-c3ccc4c5c(ccc(C(=O)O)c35)C(=O)OC4=O)c3c(C(=O)O)ccc1c23. The highest BCUT2D eigenvalue weighted by atomic mass is 16.6. The number of hydrogen-bond donors (Lipinski definition) is 2. The molecule has 2 heterocycles. The van der Waals surface area contributed by atoms with Crippen LogP contribution >= 0.6 is 0 Å². The molecule has 0 unspecified atom stereocenters. The molecule has 0 saturated heterocycles. The van der Waals surface area contributed by atoms with Gasteiger partial charge in [0.05, 0.1) is 33.4 Å². The van der Waals surface area contributed by atoms with Gasteiger partial charge in [0.1, 0.15) is 0 Å². The average molecular weight is 482 g/mol. The van der Waals surface area contributed by atoms with Gasteiger partial charge in [0.15, 0.2) is 0 Å². The topological polar surface area (TPSA) is 161 Å². The van der Waals surface area contributed by atoms with Gasteiger partial charge >= 0.3 is 35.8 Å². The maximum Gasteiger partial charge on any atom is 0.346 e. The molecule has 36 heavy (non-hydrogen) atoms. The van der Waals surface area contributed by atoms with Crippen LogP contribution in [0.3, 0.4) is 0 Å². The normalized spacial score (nSPS) is 14.1. The van der Waals surface area contributed by atoms with E-state index < -0.39 is 35.8 Å². The lowest BCUT2D eigenvalue weighted by molar-refractivity contribution is 0.0373. The zero-order valence-corrected chi connectivity index (χ0v) is 17.8. The number of aromatic carboxylic acids is 2. The first-order chi connectivity index (χ1) is 17.2. The number of ether oxygens (including phenoxy) is 2. The standard InChI is InChI=1S/C26H10O10/c27-21(28)11-3-7-15-19-13(23(31)35-25(15)33)5-1-9(17(11)19)10-2-6-14-20-16(26(34)36-24(14)32)8-4-12(18(10)20)22(29)30/h1-8H,(H,27,28)(H,29,30). The molecule has 0 saturated carbocycles. The number of carboxylic acid groups (broad SMARTS) is 2. The zero-order chi connectivity index (χ0) is 25.5. The highest BCUT2D eigenvalue weighted by Gasteiger charge is 2.33. The Hall–Kier alpha value is -5.38. The Kier molecular flexibility index (Phi) is 4.15. The second-order valence-electron chi connectivity index (χ2n) is 8.11. The Balaban J connectivity index is 1.85. The van der Waals surface area contributed by atoms with Gasteiger partial charge < -0.3 is 19.7 Å². The number of carboxylic acids is 2. The quantitative estimate of drug-likeness (QED) is 0.325. The van der Waals surface area contributed by atoms with Crippen molar-refractivity contribution in [1.82, 2.24) is 0 Å². The molecule has 4 aromatic carbocycles. The molecule has 0 radical (unpaired) electrons. The molecule has 0 fully saturated rings. The van der Waals surface area contributed by atoms with Crippen LogP contribution in [0.4, 0.5) is 0 Å². The minimum absolute atomic E-state index is 0.00394. The number of benzene rings is 4. The first-order valence-electron chi connectivity index (χ1n) is 10.4. The monoisotopic (exact) mass is 482 g/mol. The third kappa shape index (κ3) is 2.66. The summed E-state index contributed by atoms with van der Waals surface area (Å²) in [5.74, 6) is -6.53. The summed E-state index contributed by atoms with van der Waals surface area (Å²) < 4.78 is 9.51. The second kappa shape index (κ2) is 7.06. The lowest BCUT2D eigenvalue weighted by Crippen LogP contribution is -2.21. The molecule has 2 N–H and O–H groups in total. The van der Waals surface area contributed by atoms with Gasteiger partial charge in [-0.1, -0.05) is 12.1 Å². The van der Waals surface area contributed by atoms with Crippen LogP contribution in [-0.2, 0) is 9.47 Å². The van der Waals surface area contributed by atoms with E-state index in [9.17, 15) is 39.0 Å². The molecule has 0 aromatic heterocycles. The van der Waals surface area contributed by atoms with Gasteiger partial charge in [0.2, 0.25) is 0 Å². The van der Waals surface area contributed by atoms with Crippen molar-refractivity contribution in [3.8, 4) is 11.1 Å². The summed E-state index contributed by atoms with van der Waals surface area (Å²) in [4.78, 5) is 74.0. The van der Waals surface area contributed by atoms with Crippen molar-refractivity contribution in [2.45, 2.75) is 0 Å². The average Bonchev–Trinajstić information content (AvgIpc) is 2.84. The summed E-state index contributed by atoms with van der Waals surface area (Å²) in [6, 6.07) is 10.4. The van der Waals surface area contributed by atoms with Crippen LogP contribution in [0.2, 0.25) is 0 Å². The summed E-state index contributed by atoms with van der Waals surface area (Å²) in [6.07, 6.45) is 0. The van der Waals surface area contributed by atoms with Crippen molar-refractivity contribution in [3.05, 3.63) is 81.9 Å². The number of hydrogen-bond acceptors (Lipinski definition) is 8. The molecule has 174 valence electrons. The van der Waals surface area contributed by atoms with E-state index in [1.54, 1.807) is 0 Å². The fraction of sp³-hybridized carbons (Fsp3) is 0. The number of carbonyl (C=O) groups is 6. The number of esters is 4. The Bertz CT molecular complexity index is 1640. The summed E-state index contributed by atoms with van der Waals surface area (Å²) in [6.45, 7) is 0. The maximum atomic E-state index is 12.4. The predicted octanol–water partition coefficient (Wildman–Crippen LogP) is 3.68. The first kappa shape index (κ1) is 21.2. The minimum atomic E-state index is -1.36. The third-order valence-electron chi connectivity index (χ3n) is 6.32. The smallest absolute Gasteiger partial charge is 0.346 e. The summed E-state index contributed by atoms with van der Waals surface area (Å²) in [5, 5.41) is 19.9. The summed E-state index contributed by atoms with van der Waals surface area (Å²) in [7, 11) is 0. The van der Waals surface area contributed by atoms with Crippen LogP contribution in [0.5, 0.6) is 0 Å². The van der Waals surface area contributed by atoms with Crippen LogP contribution in [0.1, 0.15) is 62.1 Å². The van der Waals surface area contributed by atoms with Crippen molar-refractivity contribution < 1.29 is 48.5 Å². The Morgan fingerprint density at radius 1 is 0.444 bits per heavy atom. The number of carbonyl (C=O) groups excluding carboxylic acids is 4. The largest absolute Gasteiger partial charge is 0.478 e. The van der Waals surface area contributed by atoms with Crippen LogP contribution in [0.15, 0.2) is 48.5 Å².